The maximum atomic E-state index is 11.9. The molecule has 0 spiro atoms. The Morgan fingerprint density at radius 1 is 1.20 bits per heavy atom. The molecule has 1 aromatic heterocycles. The van der Waals surface area contributed by atoms with Gasteiger partial charge in [0.15, 0.2) is 0 Å². The highest BCUT2D eigenvalue weighted by molar-refractivity contribution is 5.82. The van der Waals surface area contributed by atoms with Gasteiger partial charge in [0.2, 0.25) is 5.91 Å². The fraction of sp³-hybridized carbons (Fsp3) is 0.722. The van der Waals surface area contributed by atoms with Gasteiger partial charge in [0.05, 0.1) is 12.6 Å². The van der Waals surface area contributed by atoms with Gasteiger partial charge in [-0.05, 0) is 18.8 Å². The molecule has 0 N–H and O–H groups in total. The van der Waals surface area contributed by atoms with Crippen molar-refractivity contribution in [1.29, 1.82) is 0 Å². The Labute approximate surface area is 150 Å². The first-order chi connectivity index (χ1) is 12.0. The van der Waals surface area contributed by atoms with Crippen molar-refractivity contribution in [3.8, 4) is 0 Å². The van der Waals surface area contributed by atoms with Gasteiger partial charge in [-0.15, -0.1) is 0 Å². The Balaban J connectivity index is 1.58. The van der Waals surface area contributed by atoms with Gasteiger partial charge in [0.1, 0.15) is 18.0 Å². The smallest absolute Gasteiger partial charge is 0.241 e. The van der Waals surface area contributed by atoms with E-state index in [9.17, 15) is 4.79 Å². The minimum absolute atomic E-state index is 0.131. The Morgan fingerprint density at radius 3 is 2.68 bits per heavy atom. The summed E-state index contributed by atoms with van der Waals surface area (Å²) in [4.78, 5) is 26.8. The van der Waals surface area contributed by atoms with Gasteiger partial charge >= 0.3 is 0 Å². The Morgan fingerprint density at radius 2 is 1.96 bits per heavy atom. The zero-order valence-corrected chi connectivity index (χ0v) is 15.5. The summed E-state index contributed by atoms with van der Waals surface area (Å²) in [6, 6.07) is 2.00. The molecule has 1 aromatic rings. The van der Waals surface area contributed by atoms with Crippen molar-refractivity contribution in [3.63, 3.8) is 0 Å². The lowest BCUT2D eigenvalue weighted by molar-refractivity contribution is -0.129. The molecule has 1 unspecified atom stereocenters. The summed E-state index contributed by atoms with van der Waals surface area (Å²) in [7, 11) is 1.84. The number of likely N-dealkylation sites (N-methyl/N-ethyl adjacent to an activating group) is 1. The van der Waals surface area contributed by atoms with E-state index in [-0.39, 0.29) is 12.0 Å². The van der Waals surface area contributed by atoms with Crippen LogP contribution in [0.2, 0.25) is 0 Å². The molecule has 1 amide bonds. The average molecular weight is 347 g/mol. The number of hydrogen-bond acceptors (Lipinski definition) is 6. The molecule has 2 saturated heterocycles. The van der Waals surface area contributed by atoms with Crippen LogP contribution < -0.4 is 9.80 Å². The molecule has 2 aliphatic rings. The first kappa shape index (κ1) is 17.9. The lowest BCUT2D eigenvalue weighted by Gasteiger charge is -2.33. The van der Waals surface area contributed by atoms with Crippen molar-refractivity contribution in [2.75, 3.05) is 56.2 Å². The van der Waals surface area contributed by atoms with Crippen LogP contribution in [0.15, 0.2) is 12.4 Å². The summed E-state index contributed by atoms with van der Waals surface area (Å²) in [5.74, 6) is 2.56. The predicted octanol–water partition coefficient (Wildman–Crippen LogP) is 1.40. The molecule has 25 heavy (non-hydrogen) atoms. The lowest BCUT2D eigenvalue weighted by Crippen LogP contribution is -2.48. The SMILES string of the molecule is CC(C)CCOC1CCN(c2cc(N3CCN(C)C(=O)C3)ncn2)C1. The fourth-order valence-electron chi connectivity index (χ4n) is 3.18. The van der Waals surface area contributed by atoms with Crippen LogP contribution in [0.4, 0.5) is 11.6 Å². The molecule has 0 aromatic carbocycles. The minimum Gasteiger partial charge on any atom is -0.376 e. The molecule has 0 radical (unpaired) electrons. The van der Waals surface area contributed by atoms with Crippen molar-refractivity contribution in [2.24, 2.45) is 5.92 Å². The molecule has 7 heteroatoms. The number of carbonyl (C=O) groups excluding carboxylic acids is 1. The van der Waals surface area contributed by atoms with Gasteiger partial charge in [0.25, 0.3) is 0 Å². The highest BCUT2D eigenvalue weighted by Gasteiger charge is 2.26. The molecule has 0 saturated carbocycles. The molecular weight excluding hydrogens is 318 g/mol. The highest BCUT2D eigenvalue weighted by Crippen LogP contribution is 2.23. The van der Waals surface area contributed by atoms with E-state index in [2.05, 4.69) is 28.7 Å². The van der Waals surface area contributed by atoms with Crippen molar-refractivity contribution >= 4 is 17.5 Å². The Hall–Kier alpha value is -1.89. The first-order valence-corrected chi connectivity index (χ1v) is 9.20. The van der Waals surface area contributed by atoms with Gasteiger partial charge < -0.3 is 19.4 Å². The molecule has 2 fully saturated rings. The molecule has 0 bridgehead atoms. The molecule has 0 aliphatic carbocycles. The van der Waals surface area contributed by atoms with Gasteiger partial charge in [-0.1, -0.05) is 13.8 Å². The van der Waals surface area contributed by atoms with E-state index < -0.39 is 0 Å². The minimum atomic E-state index is 0.131. The predicted molar refractivity (Wildman–Crippen MR) is 97.9 cm³/mol. The summed E-state index contributed by atoms with van der Waals surface area (Å²) in [5, 5.41) is 0. The largest absolute Gasteiger partial charge is 0.376 e. The molecule has 138 valence electrons. The van der Waals surface area contributed by atoms with Crippen molar-refractivity contribution in [3.05, 3.63) is 12.4 Å². The van der Waals surface area contributed by atoms with Crippen molar-refractivity contribution in [2.45, 2.75) is 32.8 Å². The van der Waals surface area contributed by atoms with Crippen LogP contribution in [0.25, 0.3) is 0 Å². The van der Waals surface area contributed by atoms with Gasteiger partial charge in [0, 0.05) is 45.9 Å². The van der Waals surface area contributed by atoms with Crippen LogP contribution in [0.1, 0.15) is 26.7 Å². The third-order valence-electron chi connectivity index (χ3n) is 4.94. The Kier molecular flexibility index (Phi) is 5.73. The number of anilines is 2. The summed E-state index contributed by atoms with van der Waals surface area (Å²) >= 11 is 0. The third kappa shape index (κ3) is 4.60. The molecular formula is C18H29N5O2. The molecule has 2 aliphatic heterocycles. The van der Waals surface area contributed by atoms with Crippen LogP contribution in [0, 0.1) is 5.92 Å². The summed E-state index contributed by atoms with van der Waals surface area (Å²) in [6.07, 6.45) is 4.01. The quantitative estimate of drug-likeness (QED) is 0.775. The molecule has 3 heterocycles. The number of ether oxygens (including phenoxy) is 1. The van der Waals surface area contributed by atoms with E-state index in [1.165, 1.54) is 0 Å². The number of amides is 1. The standard InChI is InChI=1S/C18H29N5O2/c1-14(2)5-9-25-15-4-6-22(11-15)16-10-17(20-13-19-16)23-8-7-21(3)18(24)12-23/h10,13-15H,4-9,11-12H2,1-3H3. The van der Waals surface area contributed by atoms with Gasteiger partial charge in [-0.3, -0.25) is 4.79 Å². The van der Waals surface area contributed by atoms with Gasteiger partial charge in [-0.2, -0.15) is 0 Å². The summed E-state index contributed by atoms with van der Waals surface area (Å²) < 4.78 is 5.99. The zero-order valence-electron chi connectivity index (χ0n) is 15.5. The van der Waals surface area contributed by atoms with E-state index in [1.807, 2.05) is 18.0 Å². The second-order valence-corrected chi connectivity index (χ2v) is 7.38. The van der Waals surface area contributed by atoms with Crippen LogP contribution >= 0.6 is 0 Å². The summed E-state index contributed by atoms with van der Waals surface area (Å²) in [6.45, 7) is 9.00. The Bertz CT molecular complexity index is 595. The number of rotatable bonds is 6. The topological polar surface area (TPSA) is 61.8 Å². The van der Waals surface area contributed by atoms with Crippen LogP contribution in [-0.2, 0) is 9.53 Å². The van der Waals surface area contributed by atoms with E-state index in [4.69, 9.17) is 4.74 Å². The average Bonchev–Trinajstić information content (AvgIpc) is 3.06. The third-order valence-corrected chi connectivity index (χ3v) is 4.94. The maximum Gasteiger partial charge on any atom is 0.241 e. The zero-order chi connectivity index (χ0) is 17.8. The van der Waals surface area contributed by atoms with Crippen LogP contribution in [0.5, 0.6) is 0 Å². The maximum absolute atomic E-state index is 11.9. The van der Waals surface area contributed by atoms with E-state index in [0.717, 1.165) is 57.3 Å². The number of piperazine rings is 1. The van der Waals surface area contributed by atoms with Crippen molar-refractivity contribution in [1.82, 2.24) is 14.9 Å². The normalized spacial score (nSPS) is 21.5. The second-order valence-electron chi connectivity index (χ2n) is 7.38. The number of carbonyl (C=O) groups is 1. The first-order valence-electron chi connectivity index (χ1n) is 9.20. The van der Waals surface area contributed by atoms with Crippen molar-refractivity contribution < 1.29 is 9.53 Å². The van der Waals surface area contributed by atoms with E-state index in [1.54, 1.807) is 11.2 Å². The molecule has 1 atom stereocenters. The van der Waals surface area contributed by atoms with E-state index in [0.29, 0.717) is 12.5 Å². The number of hydrogen-bond donors (Lipinski definition) is 0. The monoisotopic (exact) mass is 347 g/mol. The summed E-state index contributed by atoms with van der Waals surface area (Å²) in [5.41, 5.74) is 0. The number of nitrogens with zero attached hydrogens (tertiary/aromatic N) is 5. The van der Waals surface area contributed by atoms with E-state index >= 15 is 0 Å². The van der Waals surface area contributed by atoms with Crippen LogP contribution in [0.3, 0.4) is 0 Å². The van der Waals surface area contributed by atoms with Gasteiger partial charge in [-0.25, -0.2) is 9.97 Å². The highest BCUT2D eigenvalue weighted by atomic mass is 16.5. The molecule has 3 rings (SSSR count). The number of aromatic nitrogens is 2. The second kappa shape index (κ2) is 7.99. The fourth-order valence-corrected chi connectivity index (χ4v) is 3.18. The lowest BCUT2D eigenvalue weighted by atomic mass is 10.1. The molecule has 7 nitrogen and oxygen atoms in total. The van der Waals surface area contributed by atoms with Crippen LogP contribution in [-0.4, -0.2) is 73.3 Å².